The van der Waals surface area contributed by atoms with E-state index in [4.69, 9.17) is 4.74 Å². The van der Waals surface area contributed by atoms with E-state index < -0.39 is 11.6 Å². The Morgan fingerprint density at radius 1 is 1.10 bits per heavy atom. The van der Waals surface area contributed by atoms with E-state index in [0.29, 0.717) is 5.13 Å². The number of fused-ring (bicyclic) bond motifs is 1. The SMILES string of the molecule is Cc1cccc(-c2ccc3nc(NC(=O)NCCC(=O)OC(C)(C)C)sc3c2)c1. The summed E-state index contributed by atoms with van der Waals surface area (Å²) in [5.41, 5.74) is 3.76. The van der Waals surface area contributed by atoms with Crippen LogP contribution in [0.4, 0.5) is 9.93 Å². The highest BCUT2D eigenvalue weighted by atomic mass is 32.1. The second-order valence-electron chi connectivity index (χ2n) is 7.79. The number of aryl methyl sites for hydroxylation is 1. The molecule has 0 aliphatic heterocycles. The standard InChI is InChI=1S/C22H25N3O3S/c1-14-6-5-7-15(12-14)16-8-9-17-18(13-16)29-21(24-17)25-20(27)23-11-10-19(26)28-22(2,3)4/h5-9,12-13H,10-11H2,1-4H3,(H2,23,24,25,27). The molecule has 6 nitrogen and oxygen atoms in total. The third-order valence-corrected chi connectivity index (χ3v) is 4.93. The molecule has 0 saturated carbocycles. The highest BCUT2D eigenvalue weighted by molar-refractivity contribution is 7.22. The van der Waals surface area contributed by atoms with E-state index in [-0.39, 0.29) is 18.9 Å². The van der Waals surface area contributed by atoms with Crippen LogP contribution in [0, 0.1) is 6.92 Å². The molecule has 3 rings (SSSR count). The third kappa shape index (κ3) is 6.02. The first-order valence-electron chi connectivity index (χ1n) is 9.44. The van der Waals surface area contributed by atoms with E-state index in [2.05, 4.69) is 46.8 Å². The summed E-state index contributed by atoms with van der Waals surface area (Å²) < 4.78 is 6.21. The molecule has 29 heavy (non-hydrogen) atoms. The molecule has 2 N–H and O–H groups in total. The van der Waals surface area contributed by atoms with E-state index >= 15 is 0 Å². The topological polar surface area (TPSA) is 80.3 Å². The molecule has 0 unspecified atom stereocenters. The molecular weight excluding hydrogens is 386 g/mol. The molecule has 0 aliphatic carbocycles. The average molecular weight is 412 g/mol. The number of anilines is 1. The van der Waals surface area contributed by atoms with Gasteiger partial charge in [0, 0.05) is 6.54 Å². The average Bonchev–Trinajstić information content (AvgIpc) is 3.01. The quantitative estimate of drug-likeness (QED) is 0.571. The van der Waals surface area contributed by atoms with Crippen LogP contribution < -0.4 is 10.6 Å². The molecule has 0 atom stereocenters. The molecule has 152 valence electrons. The van der Waals surface area contributed by atoms with Crippen molar-refractivity contribution in [3.05, 3.63) is 48.0 Å². The molecule has 0 fully saturated rings. The van der Waals surface area contributed by atoms with Crippen molar-refractivity contribution in [1.29, 1.82) is 0 Å². The fraction of sp³-hybridized carbons (Fsp3) is 0.318. The first kappa shape index (κ1) is 20.8. The Morgan fingerprint density at radius 2 is 1.86 bits per heavy atom. The third-order valence-electron chi connectivity index (χ3n) is 4.00. The van der Waals surface area contributed by atoms with Gasteiger partial charge in [-0.2, -0.15) is 0 Å². The van der Waals surface area contributed by atoms with Crippen LogP contribution in [0.3, 0.4) is 0 Å². The van der Waals surface area contributed by atoms with Crippen LogP contribution in [0.5, 0.6) is 0 Å². The highest BCUT2D eigenvalue weighted by Crippen LogP contribution is 2.30. The lowest BCUT2D eigenvalue weighted by Crippen LogP contribution is -2.32. The van der Waals surface area contributed by atoms with Gasteiger partial charge in [-0.25, -0.2) is 9.78 Å². The minimum absolute atomic E-state index is 0.115. The van der Waals surface area contributed by atoms with E-state index in [1.165, 1.54) is 16.9 Å². The van der Waals surface area contributed by atoms with Gasteiger partial charge < -0.3 is 10.1 Å². The minimum atomic E-state index is -0.530. The zero-order valence-corrected chi connectivity index (χ0v) is 17.9. The van der Waals surface area contributed by atoms with Crippen LogP contribution in [-0.2, 0) is 9.53 Å². The Labute approximate surface area is 174 Å². The molecule has 3 aromatic rings. The monoisotopic (exact) mass is 411 g/mol. The number of esters is 1. The molecule has 1 aromatic heterocycles. The fourth-order valence-electron chi connectivity index (χ4n) is 2.79. The van der Waals surface area contributed by atoms with Crippen LogP contribution in [0.1, 0.15) is 32.8 Å². The number of nitrogens with one attached hydrogen (secondary N) is 2. The normalized spacial score (nSPS) is 11.3. The lowest BCUT2D eigenvalue weighted by Gasteiger charge is -2.19. The van der Waals surface area contributed by atoms with Gasteiger partial charge in [-0.15, -0.1) is 0 Å². The summed E-state index contributed by atoms with van der Waals surface area (Å²) in [6.45, 7) is 7.69. The van der Waals surface area contributed by atoms with Gasteiger partial charge in [0.1, 0.15) is 5.60 Å². The number of nitrogens with zero attached hydrogens (tertiary/aromatic N) is 1. The van der Waals surface area contributed by atoms with Gasteiger partial charge in [-0.3, -0.25) is 10.1 Å². The van der Waals surface area contributed by atoms with E-state index in [1.807, 2.05) is 39.0 Å². The largest absolute Gasteiger partial charge is 0.460 e. The van der Waals surface area contributed by atoms with Gasteiger partial charge in [0.05, 0.1) is 16.6 Å². The number of rotatable bonds is 5. The zero-order chi connectivity index (χ0) is 21.0. The molecule has 0 saturated heterocycles. The van der Waals surface area contributed by atoms with Gasteiger partial charge in [-0.1, -0.05) is 47.2 Å². The number of amides is 2. The lowest BCUT2D eigenvalue weighted by atomic mass is 10.0. The summed E-state index contributed by atoms with van der Waals surface area (Å²) in [5, 5.41) is 5.89. The van der Waals surface area contributed by atoms with Crippen LogP contribution in [0.15, 0.2) is 42.5 Å². The molecule has 7 heteroatoms. The van der Waals surface area contributed by atoms with Gasteiger partial charge in [0.2, 0.25) is 0 Å². The minimum Gasteiger partial charge on any atom is -0.460 e. The molecule has 0 spiro atoms. The summed E-state index contributed by atoms with van der Waals surface area (Å²) in [6, 6.07) is 14.0. The zero-order valence-electron chi connectivity index (χ0n) is 17.0. The van der Waals surface area contributed by atoms with Crippen molar-refractivity contribution < 1.29 is 14.3 Å². The number of ether oxygens (including phenoxy) is 1. The number of hydrogen-bond acceptors (Lipinski definition) is 5. The number of carbonyl (C=O) groups excluding carboxylic acids is 2. The summed E-state index contributed by atoms with van der Waals surface area (Å²) in [6.07, 6.45) is 0.115. The van der Waals surface area contributed by atoms with Crippen molar-refractivity contribution in [2.75, 3.05) is 11.9 Å². The Kier molecular flexibility index (Phi) is 6.17. The Bertz CT molecular complexity index is 1040. The summed E-state index contributed by atoms with van der Waals surface area (Å²) >= 11 is 1.41. The summed E-state index contributed by atoms with van der Waals surface area (Å²) in [5.74, 6) is -0.346. The molecular formula is C22H25N3O3S. The summed E-state index contributed by atoms with van der Waals surface area (Å²) in [4.78, 5) is 28.2. The summed E-state index contributed by atoms with van der Waals surface area (Å²) in [7, 11) is 0. The van der Waals surface area contributed by atoms with E-state index in [0.717, 1.165) is 21.3 Å². The second kappa shape index (κ2) is 8.61. The molecule has 0 radical (unpaired) electrons. The number of benzene rings is 2. The molecule has 2 amide bonds. The predicted octanol–water partition coefficient (Wildman–Crippen LogP) is 5.13. The maximum Gasteiger partial charge on any atom is 0.321 e. The van der Waals surface area contributed by atoms with Crippen molar-refractivity contribution in [3.63, 3.8) is 0 Å². The van der Waals surface area contributed by atoms with Crippen molar-refractivity contribution in [3.8, 4) is 11.1 Å². The number of hydrogen-bond donors (Lipinski definition) is 2. The first-order chi connectivity index (χ1) is 13.7. The van der Waals surface area contributed by atoms with Crippen molar-refractivity contribution >= 4 is 38.7 Å². The molecule has 0 bridgehead atoms. The lowest BCUT2D eigenvalue weighted by molar-refractivity contribution is -0.154. The first-order valence-corrected chi connectivity index (χ1v) is 10.3. The Morgan fingerprint density at radius 3 is 2.59 bits per heavy atom. The number of thiazole rings is 1. The maximum atomic E-state index is 12.1. The highest BCUT2D eigenvalue weighted by Gasteiger charge is 2.16. The Balaban J connectivity index is 1.59. The van der Waals surface area contributed by atoms with E-state index in [1.54, 1.807) is 0 Å². The van der Waals surface area contributed by atoms with Gasteiger partial charge >= 0.3 is 12.0 Å². The van der Waals surface area contributed by atoms with Gasteiger partial charge in [0.25, 0.3) is 0 Å². The molecule has 0 aliphatic rings. The van der Waals surface area contributed by atoms with Crippen molar-refractivity contribution in [2.45, 2.75) is 39.7 Å². The number of urea groups is 1. The molecule has 1 heterocycles. The second-order valence-corrected chi connectivity index (χ2v) is 8.82. The van der Waals surface area contributed by atoms with E-state index in [9.17, 15) is 9.59 Å². The fourth-order valence-corrected chi connectivity index (χ4v) is 3.69. The van der Waals surface area contributed by atoms with Crippen LogP contribution >= 0.6 is 11.3 Å². The maximum absolute atomic E-state index is 12.1. The predicted molar refractivity (Wildman–Crippen MR) is 117 cm³/mol. The smallest absolute Gasteiger partial charge is 0.321 e. The van der Waals surface area contributed by atoms with Crippen LogP contribution in [-0.4, -0.2) is 29.1 Å². The van der Waals surface area contributed by atoms with Crippen molar-refractivity contribution in [1.82, 2.24) is 10.3 Å². The molecule has 2 aromatic carbocycles. The van der Waals surface area contributed by atoms with Crippen LogP contribution in [0.25, 0.3) is 21.3 Å². The van der Waals surface area contributed by atoms with Crippen LogP contribution in [0.2, 0.25) is 0 Å². The Hall–Kier alpha value is -2.93. The van der Waals surface area contributed by atoms with Gasteiger partial charge in [-0.05, 0) is 51.0 Å². The number of carbonyl (C=O) groups is 2. The number of aromatic nitrogens is 1. The van der Waals surface area contributed by atoms with Gasteiger partial charge in [0.15, 0.2) is 5.13 Å². The van der Waals surface area contributed by atoms with Crippen molar-refractivity contribution in [2.24, 2.45) is 0 Å².